The number of hydrogen-bond donors (Lipinski definition) is 2. The maximum absolute atomic E-state index is 13.1. The van der Waals surface area contributed by atoms with Gasteiger partial charge in [-0.05, 0) is 99.9 Å². The number of hydrogen-bond acceptors (Lipinski definition) is 3. The van der Waals surface area contributed by atoms with Crippen LogP contribution in [-0.2, 0) is 9.59 Å². The van der Waals surface area contributed by atoms with Gasteiger partial charge in [-0.15, -0.1) is 0 Å². The van der Waals surface area contributed by atoms with Crippen LogP contribution in [0, 0.1) is 34.5 Å². The summed E-state index contributed by atoms with van der Waals surface area (Å²) in [7, 11) is 0. The molecule has 0 aromatic heterocycles. The van der Waals surface area contributed by atoms with Crippen LogP contribution in [0.25, 0.3) is 0 Å². The highest BCUT2D eigenvalue weighted by Gasteiger charge is 2.60. The van der Waals surface area contributed by atoms with E-state index in [1.165, 1.54) is 18.4 Å². The fraction of sp³-hybridized carbons (Fsp3) is 0.833. The molecule has 4 rings (SSSR count). The van der Waals surface area contributed by atoms with Crippen molar-refractivity contribution in [3.63, 3.8) is 0 Å². The van der Waals surface area contributed by atoms with Gasteiger partial charge >= 0.3 is 0 Å². The first-order valence-corrected chi connectivity index (χ1v) is 11.3. The minimum atomic E-state index is -0.174. The predicted octanol–water partition coefficient (Wildman–Crippen LogP) is 4.34. The van der Waals surface area contributed by atoms with Crippen molar-refractivity contribution in [1.82, 2.24) is 5.32 Å². The number of nitrogens with one attached hydrogen (secondary N) is 1. The summed E-state index contributed by atoms with van der Waals surface area (Å²) in [5, 5.41) is 3.25. The molecule has 0 radical (unpaired) electrons. The smallest absolute Gasteiger partial charge is 0.224 e. The number of carbonyl (C=O) groups is 2. The number of nitrogens with two attached hydrogens (primary N) is 1. The number of fused-ring (bicyclic) bond motifs is 5. The van der Waals surface area contributed by atoms with Crippen LogP contribution in [0.1, 0.15) is 86.0 Å². The van der Waals surface area contributed by atoms with Gasteiger partial charge in [-0.25, -0.2) is 0 Å². The average Bonchev–Trinajstić information content (AvgIpc) is 2.94. The topological polar surface area (TPSA) is 72.2 Å². The Kier molecular flexibility index (Phi) is 4.52. The minimum Gasteiger partial charge on any atom is -0.396 e. The number of ketones is 1. The molecule has 4 nitrogen and oxygen atoms in total. The lowest BCUT2D eigenvalue weighted by Gasteiger charge is -2.58. The first kappa shape index (κ1) is 20.0. The highest BCUT2D eigenvalue weighted by Crippen LogP contribution is 2.66. The maximum Gasteiger partial charge on any atom is 0.224 e. The quantitative estimate of drug-likeness (QED) is 0.704. The van der Waals surface area contributed by atoms with Gasteiger partial charge in [0.1, 0.15) is 0 Å². The lowest BCUT2D eigenvalue weighted by molar-refractivity contribution is -0.134. The van der Waals surface area contributed by atoms with E-state index in [2.05, 4.69) is 39.9 Å². The summed E-state index contributed by atoms with van der Waals surface area (Å²) in [4.78, 5) is 25.3. The molecule has 4 heteroatoms. The van der Waals surface area contributed by atoms with Crippen LogP contribution in [0.15, 0.2) is 11.3 Å². The normalized spacial score (nSPS) is 43.2. The van der Waals surface area contributed by atoms with Gasteiger partial charge < -0.3 is 11.1 Å². The van der Waals surface area contributed by atoms with Gasteiger partial charge in [-0.3, -0.25) is 9.59 Å². The SMILES string of the molecule is CC(C)(C)NC(=O)C1CC[C@H]2[C@@H]3CCC4=C(N)C(=O)CC[C@]4(C)[C@@H]3CC[C@]12C. The van der Waals surface area contributed by atoms with Gasteiger partial charge in [0.15, 0.2) is 5.78 Å². The highest BCUT2D eigenvalue weighted by atomic mass is 16.2. The molecule has 4 aliphatic carbocycles. The molecule has 3 saturated carbocycles. The van der Waals surface area contributed by atoms with Crippen LogP contribution in [-0.4, -0.2) is 17.2 Å². The van der Waals surface area contributed by atoms with E-state index in [4.69, 9.17) is 5.73 Å². The van der Waals surface area contributed by atoms with Crippen molar-refractivity contribution >= 4 is 11.7 Å². The second kappa shape index (κ2) is 6.34. The predicted molar refractivity (Wildman–Crippen MR) is 111 cm³/mol. The Morgan fingerprint density at radius 3 is 2.43 bits per heavy atom. The zero-order valence-electron chi connectivity index (χ0n) is 18.4. The van der Waals surface area contributed by atoms with Crippen LogP contribution in [0.3, 0.4) is 0 Å². The molecule has 0 aromatic carbocycles. The Labute approximate surface area is 170 Å². The van der Waals surface area contributed by atoms with Gasteiger partial charge in [-0.2, -0.15) is 0 Å². The molecule has 3 fully saturated rings. The Morgan fingerprint density at radius 2 is 1.75 bits per heavy atom. The zero-order valence-corrected chi connectivity index (χ0v) is 18.4. The van der Waals surface area contributed by atoms with Crippen LogP contribution < -0.4 is 11.1 Å². The average molecular weight is 387 g/mol. The Balaban J connectivity index is 1.61. The monoisotopic (exact) mass is 386 g/mol. The van der Waals surface area contributed by atoms with E-state index >= 15 is 0 Å². The van der Waals surface area contributed by atoms with E-state index in [0.29, 0.717) is 29.9 Å². The van der Waals surface area contributed by atoms with Crippen LogP contribution in [0.4, 0.5) is 0 Å². The molecule has 3 N–H and O–H groups in total. The number of amides is 1. The first-order chi connectivity index (χ1) is 13.0. The molecule has 1 unspecified atom stereocenters. The van der Waals surface area contributed by atoms with E-state index in [-0.39, 0.29) is 34.0 Å². The van der Waals surface area contributed by atoms with Gasteiger partial charge in [0.05, 0.1) is 5.70 Å². The maximum atomic E-state index is 13.1. The summed E-state index contributed by atoms with van der Waals surface area (Å²) in [5.74, 6) is 2.46. The summed E-state index contributed by atoms with van der Waals surface area (Å²) in [6, 6.07) is 0. The molecular weight excluding hydrogens is 348 g/mol. The zero-order chi connectivity index (χ0) is 20.5. The van der Waals surface area contributed by atoms with E-state index in [0.717, 1.165) is 32.1 Å². The van der Waals surface area contributed by atoms with E-state index in [1.807, 2.05) is 0 Å². The molecule has 0 aromatic rings. The summed E-state index contributed by atoms with van der Waals surface area (Å²) < 4.78 is 0. The molecule has 6 atom stereocenters. The molecule has 0 saturated heterocycles. The van der Waals surface area contributed by atoms with Crippen molar-refractivity contribution in [2.75, 3.05) is 0 Å². The highest BCUT2D eigenvalue weighted by molar-refractivity contribution is 5.96. The van der Waals surface area contributed by atoms with Crippen molar-refractivity contribution in [3.8, 4) is 0 Å². The number of Topliss-reactive ketones (excluding diaryl/α,β-unsaturated/α-hetero) is 1. The van der Waals surface area contributed by atoms with Crippen molar-refractivity contribution < 1.29 is 9.59 Å². The van der Waals surface area contributed by atoms with Crippen LogP contribution in [0.2, 0.25) is 0 Å². The molecule has 0 heterocycles. The number of allylic oxidation sites excluding steroid dienone is 1. The molecular formula is C24H38N2O2. The van der Waals surface area contributed by atoms with Gasteiger partial charge in [-0.1, -0.05) is 13.8 Å². The third-order valence-corrected chi connectivity index (χ3v) is 8.98. The minimum absolute atomic E-state index is 0.0913. The van der Waals surface area contributed by atoms with E-state index in [9.17, 15) is 9.59 Å². The van der Waals surface area contributed by atoms with Crippen molar-refractivity contribution in [1.29, 1.82) is 0 Å². The Bertz CT molecular complexity index is 733. The molecule has 28 heavy (non-hydrogen) atoms. The summed E-state index contributed by atoms with van der Waals surface area (Å²) in [6.07, 6.45) is 8.15. The summed E-state index contributed by atoms with van der Waals surface area (Å²) >= 11 is 0. The number of rotatable bonds is 1. The lowest BCUT2D eigenvalue weighted by Crippen LogP contribution is -2.53. The third-order valence-electron chi connectivity index (χ3n) is 8.98. The number of carbonyl (C=O) groups excluding carboxylic acids is 2. The van der Waals surface area contributed by atoms with Gasteiger partial charge in [0.2, 0.25) is 5.91 Å². The lowest BCUT2D eigenvalue weighted by atomic mass is 9.46. The van der Waals surface area contributed by atoms with Crippen molar-refractivity contribution in [2.24, 2.45) is 40.2 Å². The molecule has 1 amide bonds. The van der Waals surface area contributed by atoms with E-state index < -0.39 is 0 Å². The fourth-order valence-corrected chi connectivity index (χ4v) is 7.64. The molecule has 156 valence electrons. The standard InChI is InChI=1S/C24H38N2O2/c1-22(2,3)26-21(28)18-9-8-15-14-6-7-17-20(25)19(27)11-13-23(17,4)16(14)10-12-24(15,18)5/h14-16,18H,6-13,25H2,1-5H3,(H,26,28)/t14-,15-,16+,18?,23+,24-/m0/s1. The Hall–Kier alpha value is -1.32. The van der Waals surface area contributed by atoms with E-state index in [1.54, 1.807) is 0 Å². The summed E-state index contributed by atoms with van der Waals surface area (Å²) in [5.41, 5.74) is 8.14. The Morgan fingerprint density at radius 1 is 1.04 bits per heavy atom. The fourth-order valence-electron chi connectivity index (χ4n) is 7.64. The molecule has 0 bridgehead atoms. The van der Waals surface area contributed by atoms with Gasteiger partial charge in [0.25, 0.3) is 0 Å². The first-order valence-electron chi connectivity index (χ1n) is 11.3. The largest absolute Gasteiger partial charge is 0.396 e. The van der Waals surface area contributed by atoms with Crippen LogP contribution >= 0.6 is 0 Å². The van der Waals surface area contributed by atoms with Gasteiger partial charge in [0, 0.05) is 17.9 Å². The molecule has 0 spiro atoms. The van der Waals surface area contributed by atoms with Crippen molar-refractivity contribution in [3.05, 3.63) is 11.3 Å². The van der Waals surface area contributed by atoms with Crippen LogP contribution in [0.5, 0.6) is 0 Å². The third kappa shape index (κ3) is 2.85. The summed E-state index contributed by atoms with van der Waals surface area (Å²) in [6.45, 7) is 11.0. The molecule has 4 aliphatic rings. The van der Waals surface area contributed by atoms with Crippen molar-refractivity contribution in [2.45, 2.75) is 91.5 Å². The molecule has 0 aliphatic heterocycles. The second-order valence-corrected chi connectivity index (χ2v) is 11.6. The second-order valence-electron chi connectivity index (χ2n) is 11.6.